The maximum absolute atomic E-state index is 12.8. The first-order valence-electron chi connectivity index (χ1n) is 9.29. The van der Waals surface area contributed by atoms with Gasteiger partial charge < -0.3 is 10.1 Å². The molecule has 0 saturated carbocycles. The number of alkyl halides is 3. The highest BCUT2D eigenvalue weighted by Crippen LogP contribution is 2.33. The van der Waals surface area contributed by atoms with Crippen molar-refractivity contribution in [1.82, 2.24) is 10.2 Å². The lowest BCUT2D eigenvalue weighted by Crippen LogP contribution is -2.45. The Bertz CT molecular complexity index is 706. The Hall–Kier alpha value is -1.76. The molecule has 2 aromatic carbocycles. The standard InChI is InChI=1S/C21H25F3N2O.ClH/c22-21(23,24)10-9-20(26-13-11-25-12-14-26)18-7-4-8-19(15-18)27-16-17-5-2-1-3-6-17;/h1-8,15,20,25H,9-14,16H2;1H/t20-;/m1./s1. The summed E-state index contributed by atoms with van der Waals surface area (Å²) in [5.74, 6) is 0.684. The zero-order valence-corrected chi connectivity index (χ0v) is 16.4. The fraction of sp³-hybridized carbons (Fsp3) is 0.429. The molecule has 1 aliphatic heterocycles. The van der Waals surface area contributed by atoms with Gasteiger partial charge in [0.15, 0.2) is 0 Å². The molecule has 0 aliphatic carbocycles. The van der Waals surface area contributed by atoms with Crippen LogP contribution < -0.4 is 10.1 Å². The highest BCUT2D eigenvalue weighted by Gasteiger charge is 2.31. The maximum Gasteiger partial charge on any atom is 0.389 e. The van der Waals surface area contributed by atoms with Crippen LogP contribution in [0.1, 0.15) is 30.0 Å². The second kappa shape index (κ2) is 10.7. The predicted octanol–water partition coefficient (Wildman–Crippen LogP) is 4.98. The second-order valence-electron chi connectivity index (χ2n) is 6.80. The molecular formula is C21H26ClF3N2O. The van der Waals surface area contributed by atoms with E-state index in [1.54, 1.807) is 0 Å². The molecule has 1 heterocycles. The topological polar surface area (TPSA) is 24.5 Å². The van der Waals surface area contributed by atoms with Gasteiger partial charge in [-0.15, -0.1) is 12.4 Å². The Morgan fingerprint density at radius 2 is 1.71 bits per heavy atom. The minimum atomic E-state index is -4.15. The first kappa shape index (κ1) is 22.5. The minimum absolute atomic E-state index is 0. The molecule has 1 N–H and O–H groups in total. The first-order valence-corrected chi connectivity index (χ1v) is 9.29. The molecule has 0 unspecified atom stereocenters. The highest BCUT2D eigenvalue weighted by atomic mass is 35.5. The summed E-state index contributed by atoms with van der Waals surface area (Å²) in [6, 6.07) is 17.1. The Morgan fingerprint density at radius 3 is 2.39 bits per heavy atom. The summed E-state index contributed by atoms with van der Waals surface area (Å²) in [7, 11) is 0. The number of halogens is 4. The van der Waals surface area contributed by atoms with E-state index in [9.17, 15) is 13.2 Å². The smallest absolute Gasteiger partial charge is 0.389 e. The van der Waals surface area contributed by atoms with Gasteiger partial charge in [0.2, 0.25) is 0 Å². The van der Waals surface area contributed by atoms with Gasteiger partial charge in [-0.05, 0) is 29.7 Å². The summed E-state index contributed by atoms with van der Waals surface area (Å²) in [5, 5.41) is 3.25. The van der Waals surface area contributed by atoms with Gasteiger partial charge in [-0.3, -0.25) is 4.90 Å². The minimum Gasteiger partial charge on any atom is -0.489 e. The number of nitrogens with zero attached hydrogens (tertiary/aromatic N) is 1. The average molecular weight is 415 g/mol. The molecule has 3 nitrogen and oxygen atoms in total. The predicted molar refractivity (Wildman–Crippen MR) is 107 cm³/mol. The summed E-state index contributed by atoms with van der Waals surface area (Å²) in [6.45, 7) is 3.53. The van der Waals surface area contributed by atoms with Crippen LogP contribution in [0.25, 0.3) is 0 Å². The molecule has 0 bridgehead atoms. The van der Waals surface area contributed by atoms with Gasteiger partial charge in [0.25, 0.3) is 0 Å². The number of benzene rings is 2. The summed E-state index contributed by atoms with van der Waals surface area (Å²) in [4.78, 5) is 2.14. The van der Waals surface area contributed by atoms with Gasteiger partial charge in [0.1, 0.15) is 12.4 Å². The van der Waals surface area contributed by atoms with Gasteiger partial charge in [0, 0.05) is 38.6 Å². The molecule has 0 amide bonds. The normalized spacial score (nSPS) is 16.2. The third kappa shape index (κ3) is 7.00. The van der Waals surface area contributed by atoms with Crippen molar-refractivity contribution in [2.24, 2.45) is 0 Å². The van der Waals surface area contributed by atoms with Crippen molar-refractivity contribution in [3.63, 3.8) is 0 Å². The number of piperazine rings is 1. The number of ether oxygens (including phenoxy) is 1. The quantitative estimate of drug-likeness (QED) is 0.691. The molecule has 28 heavy (non-hydrogen) atoms. The van der Waals surface area contributed by atoms with Crippen molar-refractivity contribution in [1.29, 1.82) is 0 Å². The molecule has 1 atom stereocenters. The molecule has 1 fully saturated rings. The fourth-order valence-corrected chi connectivity index (χ4v) is 3.41. The van der Waals surface area contributed by atoms with Crippen LogP contribution >= 0.6 is 12.4 Å². The fourth-order valence-electron chi connectivity index (χ4n) is 3.41. The molecule has 154 valence electrons. The van der Waals surface area contributed by atoms with E-state index in [1.165, 1.54) is 0 Å². The second-order valence-corrected chi connectivity index (χ2v) is 6.80. The van der Waals surface area contributed by atoms with Crippen LogP contribution in [0.2, 0.25) is 0 Å². The van der Waals surface area contributed by atoms with Gasteiger partial charge in [-0.1, -0.05) is 42.5 Å². The molecule has 7 heteroatoms. The summed E-state index contributed by atoms with van der Waals surface area (Å²) < 4.78 is 44.4. The maximum atomic E-state index is 12.8. The van der Waals surface area contributed by atoms with E-state index in [-0.39, 0.29) is 24.9 Å². The monoisotopic (exact) mass is 414 g/mol. The lowest BCUT2D eigenvalue weighted by Gasteiger charge is -2.35. The third-order valence-electron chi connectivity index (χ3n) is 4.78. The van der Waals surface area contributed by atoms with Crippen LogP contribution in [0, 0.1) is 0 Å². The molecule has 0 aromatic heterocycles. The van der Waals surface area contributed by atoms with Crippen LogP contribution in [0.5, 0.6) is 5.75 Å². The van der Waals surface area contributed by atoms with Gasteiger partial charge in [-0.25, -0.2) is 0 Å². The number of rotatable bonds is 7. The van der Waals surface area contributed by atoms with Crippen LogP contribution in [-0.4, -0.2) is 37.3 Å². The Morgan fingerprint density at radius 1 is 1.00 bits per heavy atom. The van der Waals surface area contributed by atoms with Crippen molar-refractivity contribution in [2.75, 3.05) is 26.2 Å². The first-order chi connectivity index (χ1) is 13.0. The van der Waals surface area contributed by atoms with E-state index in [1.807, 2.05) is 54.6 Å². The third-order valence-corrected chi connectivity index (χ3v) is 4.78. The van der Waals surface area contributed by atoms with Crippen molar-refractivity contribution in [3.05, 3.63) is 65.7 Å². The van der Waals surface area contributed by atoms with Crippen molar-refractivity contribution >= 4 is 12.4 Å². The van der Waals surface area contributed by atoms with E-state index in [4.69, 9.17) is 4.74 Å². The molecule has 2 aromatic rings. The van der Waals surface area contributed by atoms with E-state index in [2.05, 4.69) is 10.2 Å². The lowest BCUT2D eigenvalue weighted by molar-refractivity contribution is -0.138. The number of hydrogen-bond acceptors (Lipinski definition) is 3. The van der Waals surface area contributed by atoms with E-state index >= 15 is 0 Å². The number of nitrogens with one attached hydrogen (secondary N) is 1. The van der Waals surface area contributed by atoms with Gasteiger partial charge >= 0.3 is 6.18 Å². The van der Waals surface area contributed by atoms with Crippen molar-refractivity contribution < 1.29 is 17.9 Å². The van der Waals surface area contributed by atoms with Crippen LogP contribution in [0.3, 0.4) is 0 Å². The molecule has 0 spiro atoms. The average Bonchev–Trinajstić information content (AvgIpc) is 2.68. The molecule has 1 saturated heterocycles. The summed E-state index contributed by atoms with van der Waals surface area (Å²) in [6.07, 6.45) is -4.87. The molecule has 0 radical (unpaired) electrons. The van der Waals surface area contributed by atoms with Crippen molar-refractivity contribution in [3.8, 4) is 5.75 Å². The SMILES string of the molecule is Cl.FC(F)(F)CC[C@H](c1cccc(OCc2ccccc2)c1)N1CCNCC1. The van der Waals surface area contributed by atoms with Crippen LogP contribution in [0.15, 0.2) is 54.6 Å². The van der Waals surface area contributed by atoms with E-state index in [0.717, 1.165) is 37.3 Å². The molecule has 3 rings (SSSR count). The van der Waals surface area contributed by atoms with Gasteiger partial charge in [-0.2, -0.15) is 13.2 Å². The van der Waals surface area contributed by atoms with Gasteiger partial charge in [0.05, 0.1) is 0 Å². The molecule has 1 aliphatic rings. The van der Waals surface area contributed by atoms with E-state index in [0.29, 0.717) is 12.4 Å². The Labute approximate surface area is 170 Å². The summed E-state index contributed by atoms with van der Waals surface area (Å²) >= 11 is 0. The zero-order chi connectivity index (χ0) is 19.1. The summed E-state index contributed by atoms with van der Waals surface area (Å²) in [5.41, 5.74) is 1.94. The number of hydrogen-bond donors (Lipinski definition) is 1. The van der Waals surface area contributed by atoms with Crippen molar-refractivity contribution in [2.45, 2.75) is 31.7 Å². The largest absolute Gasteiger partial charge is 0.489 e. The highest BCUT2D eigenvalue weighted by molar-refractivity contribution is 5.85. The Kier molecular flexibility index (Phi) is 8.60. The Balaban J connectivity index is 0.00000280. The van der Waals surface area contributed by atoms with Crippen LogP contribution in [-0.2, 0) is 6.61 Å². The lowest BCUT2D eigenvalue weighted by atomic mass is 9.99. The molecular weight excluding hydrogens is 389 g/mol. The van der Waals surface area contributed by atoms with Crippen LogP contribution in [0.4, 0.5) is 13.2 Å². The zero-order valence-electron chi connectivity index (χ0n) is 15.6. The van der Waals surface area contributed by atoms with E-state index < -0.39 is 12.6 Å².